The lowest BCUT2D eigenvalue weighted by Gasteiger charge is -2.21. The number of aromatic nitrogens is 2. The van der Waals surface area contributed by atoms with Gasteiger partial charge in [0, 0.05) is 18.0 Å². The number of aliphatic hydroxyl groups is 1. The number of carboxylic acid groups (broad SMARTS) is 2. The molecule has 4 N–H and O–H groups in total. The fourth-order valence-electron chi connectivity index (χ4n) is 4.29. The van der Waals surface area contributed by atoms with Crippen molar-refractivity contribution in [3.8, 4) is 22.4 Å². The summed E-state index contributed by atoms with van der Waals surface area (Å²) in [5, 5.41) is 35.8. The number of rotatable bonds is 12. The number of carbonyl (C=O) groups excluding carboxylic acids is 1. The number of carbonyl (C=O) groups is 3. The van der Waals surface area contributed by atoms with Gasteiger partial charge < -0.3 is 20.6 Å². The number of benzene rings is 3. The first-order valence-corrected chi connectivity index (χ1v) is 12.5. The third-order valence-electron chi connectivity index (χ3n) is 6.29. The van der Waals surface area contributed by atoms with E-state index in [0.717, 1.165) is 22.3 Å². The average Bonchev–Trinajstić information content (AvgIpc) is 3.38. The molecule has 9 heteroatoms. The Balaban J connectivity index is 1.57. The van der Waals surface area contributed by atoms with E-state index in [-0.39, 0.29) is 31.5 Å². The fraction of sp³-hybridized carbons (Fsp3) is 0.200. The number of hydrogen-bond acceptors (Lipinski definition) is 5. The van der Waals surface area contributed by atoms with Crippen molar-refractivity contribution in [2.75, 3.05) is 0 Å². The van der Waals surface area contributed by atoms with Crippen molar-refractivity contribution in [1.29, 1.82) is 0 Å². The second-order valence-electron chi connectivity index (χ2n) is 9.17. The quantitative estimate of drug-likeness (QED) is 0.219. The van der Waals surface area contributed by atoms with Gasteiger partial charge >= 0.3 is 11.9 Å². The van der Waals surface area contributed by atoms with E-state index in [1.165, 1.54) is 4.68 Å². The average molecular weight is 528 g/mol. The number of aliphatic hydroxyl groups excluding tert-OH is 1. The van der Waals surface area contributed by atoms with Gasteiger partial charge in [0.25, 0.3) is 5.91 Å². The Hall–Kier alpha value is -4.76. The first kappa shape index (κ1) is 27.3. The lowest BCUT2D eigenvalue weighted by atomic mass is 9.97. The zero-order valence-electron chi connectivity index (χ0n) is 21.1. The van der Waals surface area contributed by atoms with E-state index in [0.29, 0.717) is 5.69 Å². The van der Waals surface area contributed by atoms with E-state index in [1.54, 1.807) is 6.07 Å². The molecule has 0 saturated heterocycles. The molecule has 0 spiro atoms. The van der Waals surface area contributed by atoms with Crippen molar-refractivity contribution < 1.29 is 29.7 Å². The predicted octanol–water partition coefficient (Wildman–Crippen LogP) is 3.87. The Kier molecular flexibility index (Phi) is 8.86. The van der Waals surface area contributed by atoms with Crippen molar-refractivity contribution >= 4 is 17.8 Å². The summed E-state index contributed by atoms with van der Waals surface area (Å²) in [6.07, 6.45) is -1.84. The minimum absolute atomic E-state index is 0.0196. The lowest BCUT2D eigenvalue weighted by molar-refractivity contribution is -0.147. The van der Waals surface area contributed by atoms with Gasteiger partial charge in [-0.3, -0.25) is 14.3 Å². The standard InChI is InChI=1S/C30H29N3O6/c34-27(30(38)39)18-24(17-20-11-13-22(14-12-20)21-7-3-1-4-8-21)31-29(37)26-19-25(23-9-5-2-6-10-23)32-33(26)16-15-28(35)36/h1-14,19,24,27,34H,15-18H2,(H,31,37)(H,35,36)(H,38,39)/t24-,27-/m1/s1. The molecule has 0 bridgehead atoms. The molecule has 39 heavy (non-hydrogen) atoms. The summed E-state index contributed by atoms with van der Waals surface area (Å²) < 4.78 is 1.34. The molecule has 4 rings (SSSR count). The van der Waals surface area contributed by atoms with Crippen molar-refractivity contribution in [2.24, 2.45) is 0 Å². The van der Waals surface area contributed by atoms with Crippen molar-refractivity contribution in [2.45, 2.75) is 38.0 Å². The van der Waals surface area contributed by atoms with Crippen molar-refractivity contribution in [3.05, 3.63) is 102 Å². The fourth-order valence-corrected chi connectivity index (χ4v) is 4.29. The monoisotopic (exact) mass is 527 g/mol. The van der Waals surface area contributed by atoms with E-state index in [9.17, 15) is 24.6 Å². The number of hydrogen-bond donors (Lipinski definition) is 4. The Morgan fingerprint density at radius 2 is 1.41 bits per heavy atom. The lowest BCUT2D eigenvalue weighted by Crippen LogP contribution is -2.41. The van der Waals surface area contributed by atoms with Crippen LogP contribution in [0.4, 0.5) is 0 Å². The van der Waals surface area contributed by atoms with E-state index < -0.39 is 30.0 Å². The van der Waals surface area contributed by atoms with Crippen LogP contribution in [0.1, 0.15) is 28.9 Å². The highest BCUT2D eigenvalue weighted by Gasteiger charge is 2.25. The van der Waals surface area contributed by atoms with Gasteiger partial charge in [-0.1, -0.05) is 84.9 Å². The van der Waals surface area contributed by atoms with Crippen LogP contribution in [0.25, 0.3) is 22.4 Å². The van der Waals surface area contributed by atoms with Crippen LogP contribution < -0.4 is 5.32 Å². The third kappa shape index (κ3) is 7.39. The molecule has 1 heterocycles. The van der Waals surface area contributed by atoms with Gasteiger partial charge in [0.15, 0.2) is 6.10 Å². The molecule has 0 aliphatic rings. The normalized spacial score (nSPS) is 12.4. The number of amides is 1. The van der Waals surface area contributed by atoms with Gasteiger partial charge in [-0.15, -0.1) is 0 Å². The molecule has 1 aromatic heterocycles. The summed E-state index contributed by atoms with van der Waals surface area (Å²) >= 11 is 0. The Labute approximate surface area is 225 Å². The third-order valence-corrected chi connectivity index (χ3v) is 6.29. The smallest absolute Gasteiger partial charge is 0.332 e. The van der Waals surface area contributed by atoms with E-state index >= 15 is 0 Å². The van der Waals surface area contributed by atoms with E-state index in [4.69, 9.17) is 5.11 Å². The first-order chi connectivity index (χ1) is 18.8. The SMILES string of the molecule is O=C(O)CCn1nc(-c2ccccc2)cc1C(=O)N[C@H](Cc1ccc(-c2ccccc2)cc1)C[C@@H](O)C(=O)O. The number of carboxylic acids is 2. The van der Waals surface area contributed by atoms with Gasteiger partial charge in [0.1, 0.15) is 5.69 Å². The Morgan fingerprint density at radius 3 is 2.00 bits per heavy atom. The van der Waals surface area contributed by atoms with Crippen LogP contribution in [-0.2, 0) is 22.6 Å². The number of aryl methyl sites for hydroxylation is 1. The van der Waals surface area contributed by atoms with Crippen LogP contribution in [0.2, 0.25) is 0 Å². The zero-order valence-corrected chi connectivity index (χ0v) is 21.1. The molecule has 0 saturated carbocycles. The molecule has 0 radical (unpaired) electrons. The molecule has 0 aliphatic carbocycles. The molecule has 0 unspecified atom stereocenters. The highest BCUT2D eigenvalue weighted by molar-refractivity contribution is 5.94. The maximum absolute atomic E-state index is 13.4. The van der Waals surface area contributed by atoms with Crippen LogP contribution in [0, 0.1) is 0 Å². The van der Waals surface area contributed by atoms with Crippen molar-refractivity contribution in [1.82, 2.24) is 15.1 Å². The van der Waals surface area contributed by atoms with Crippen molar-refractivity contribution in [3.63, 3.8) is 0 Å². The van der Waals surface area contributed by atoms with Crippen LogP contribution in [0.3, 0.4) is 0 Å². The summed E-state index contributed by atoms with van der Waals surface area (Å²) in [7, 11) is 0. The van der Waals surface area contributed by atoms with Crippen LogP contribution in [0.5, 0.6) is 0 Å². The molecular formula is C30H29N3O6. The van der Waals surface area contributed by atoms with Gasteiger partial charge in [0.2, 0.25) is 0 Å². The van der Waals surface area contributed by atoms with Gasteiger partial charge in [-0.05, 0) is 29.2 Å². The molecule has 1 amide bonds. The molecule has 9 nitrogen and oxygen atoms in total. The van der Waals surface area contributed by atoms with Crippen LogP contribution in [0.15, 0.2) is 91.0 Å². The summed E-state index contributed by atoms with van der Waals surface area (Å²) in [6, 6.07) is 27.6. The Bertz CT molecular complexity index is 1420. The van der Waals surface area contributed by atoms with Crippen LogP contribution >= 0.6 is 0 Å². The maximum atomic E-state index is 13.4. The maximum Gasteiger partial charge on any atom is 0.332 e. The summed E-state index contributed by atoms with van der Waals surface area (Å²) in [5.74, 6) is -2.95. The largest absolute Gasteiger partial charge is 0.481 e. The number of aliphatic carboxylic acids is 2. The highest BCUT2D eigenvalue weighted by Crippen LogP contribution is 2.22. The summed E-state index contributed by atoms with van der Waals surface area (Å²) in [4.78, 5) is 36.0. The topological polar surface area (TPSA) is 142 Å². The van der Waals surface area contributed by atoms with E-state index in [2.05, 4.69) is 10.4 Å². The Morgan fingerprint density at radius 1 is 0.821 bits per heavy atom. The first-order valence-electron chi connectivity index (χ1n) is 12.5. The molecule has 200 valence electrons. The zero-order chi connectivity index (χ0) is 27.8. The predicted molar refractivity (Wildman–Crippen MR) is 145 cm³/mol. The second kappa shape index (κ2) is 12.7. The molecule has 0 fully saturated rings. The molecule has 2 atom stereocenters. The molecular weight excluding hydrogens is 498 g/mol. The van der Waals surface area contributed by atoms with Gasteiger partial charge in [-0.25, -0.2) is 4.79 Å². The minimum Gasteiger partial charge on any atom is -0.481 e. The highest BCUT2D eigenvalue weighted by atomic mass is 16.4. The molecule has 0 aliphatic heterocycles. The number of nitrogens with zero attached hydrogens (tertiary/aromatic N) is 2. The molecule has 4 aromatic rings. The second-order valence-corrected chi connectivity index (χ2v) is 9.17. The minimum atomic E-state index is -1.67. The summed E-state index contributed by atoms with van der Waals surface area (Å²) in [5.41, 5.74) is 4.33. The van der Waals surface area contributed by atoms with Gasteiger partial charge in [-0.2, -0.15) is 5.10 Å². The molecule has 3 aromatic carbocycles. The van der Waals surface area contributed by atoms with Gasteiger partial charge in [0.05, 0.1) is 18.7 Å². The van der Waals surface area contributed by atoms with E-state index in [1.807, 2.05) is 84.9 Å². The summed E-state index contributed by atoms with van der Waals surface area (Å²) in [6.45, 7) is -0.0196. The number of nitrogens with one attached hydrogen (secondary N) is 1. The van der Waals surface area contributed by atoms with Crippen LogP contribution in [-0.4, -0.2) is 55.1 Å².